The van der Waals surface area contributed by atoms with Gasteiger partial charge >= 0.3 is 0 Å². The van der Waals surface area contributed by atoms with Gasteiger partial charge in [-0.25, -0.2) is 0 Å². The van der Waals surface area contributed by atoms with Crippen LogP contribution in [0.15, 0.2) is 24.3 Å². The van der Waals surface area contributed by atoms with Crippen molar-refractivity contribution >= 4 is 10.9 Å². The predicted octanol–water partition coefficient (Wildman–Crippen LogP) is 5.05. The number of nitrogens with zero attached hydrogens (tertiary/aromatic N) is 1. The number of aromatic amines is 1. The van der Waals surface area contributed by atoms with Gasteiger partial charge in [-0.15, -0.1) is 0 Å². The first-order valence-electron chi connectivity index (χ1n) is 9.74. The van der Waals surface area contributed by atoms with Gasteiger partial charge in [-0.05, 0) is 49.8 Å². The van der Waals surface area contributed by atoms with E-state index in [2.05, 4.69) is 75.8 Å². The maximum absolute atomic E-state index is 11.3. The van der Waals surface area contributed by atoms with Crippen molar-refractivity contribution in [2.24, 2.45) is 5.41 Å². The molecule has 0 saturated carbocycles. The fourth-order valence-electron chi connectivity index (χ4n) is 4.60. The summed E-state index contributed by atoms with van der Waals surface area (Å²) >= 11 is 0. The first kappa shape index (κ1) is 18.5. The van der Waals surface area contributed by atoms with Gasteiger partial charge in [0.2, 0.25) is 0 Å². The summed E-state index contributed by atoms with van der Waals surface area (Å²) in [6, 6.07) is 9.07. The zero-order valence-corrected chi connectivity index (χ0v) is 16.7. The number of benzene rings is 1. The molecule has 2 heterocycles. The second-order valence-electron chi connectivity index (χ2n) is 9.04. The minimum Gasteiger partial charge on any atom is -0.388 e. The van der Waals surface area contributed by atoms with Crippen LogP contribution in [-0.4, -0.2) is 33.7 Å². The third-order valence-corrected chi connectivity index (χ3v) is 6.21. The van der Waals surface area contributed by atoms with Crippen LogP contribution in [-0.2, 0) is 6.42 Å². The summed E-state index contributed by atoms with van der Waals surface area (Å²) in [5, 5.41) is 12.6. The largest absolute Gasteiger partial charge is 0.388 e. The molecule has 0 spiro atoms. The maximum Gasteiger partial charge on any atom is 0.0800 e. The number of likely N-dealkylation sites (N-methyl/N-ethyl adjacent to an activating group) is 1. The molecule has 0 bridgehead atoms. The first-order chi connectivity index (χ1) is 11.7. The average Bonchev–Trinajstić information content (AvgIpc) is 2.94. The molecule has 0 radical (unpaired) electrons. The smallest absolute Gasteiger partial charge is 0.0800 e. The van der Waals surface area contributed by atoms with Gasteiger partial charge in [-0.2, -0.15) is 0 Å². The van der Waals surface area contributed by atoms with Crippen molar-refractivity contribution < 1.29 is 5.11 Å². The lowest BCUT2D eigenvalue weighted by molar-refractivity contribution is -0.0683. The van der Waals surface area contributed by atoms with Crippen molar-refractivity contribution in [1.29, 1.82) is 0 Å². The zero-order chi connectivity index (χ0) is 18.4. The van der Waals surface area contributed by atoms with Gasteiger partial charge in [-0.1, -0.05) is 52.8 Å². The van der Waals surface area contributed by atoms with Crippen molar-refractivity contribution in [2.45, 2.75) is 78.0 Å². The molecular weight excluding hydrogens is 308 g/mol. The number of H-pyrrole nitrogens is 1. The van der Waals surface area contributed by atoms with E-state index in [1.807, 2.05) is 0 Å². The number of aliphatic hydroxyl groups is 1. The van der Waals surface area contributed by atoms with E-state index in [1.165, 1.54) is 22.2 Å². The average molecular weight is 343 g/mol. The van der Waals surface area contributed by atoms with E-state index < -0.39 is 5.60 Å². The van der Waals surface area contributed by atoms with E-state index in [0.717, 1.165) is 25.7 Å². The van der Waals surface area contributed by atoms with E-state index in [0.29, 0.717) is 6.04 Å². The maximum atomic E-state index is 11.3. The molecule has 3 heteroatoms. The van der Waals surface area contributed by atoms with Gasteiger partial charge in [-0.3, -0.25) is 4.90 Å². The van der Waals surface area contributed by atoms with Crippen LogP contribution in [0.25, 0.3) is 10.9 Å². The van der Waals surface area contributed by atoms with E-state index >= 15 is 0 Å². The van der Waals surface area contributed by atoms with Gasteiger partial charge < -0.3 is 10.1 Å². The fourth-order valence-corrected chi connectivity index (χ4v) is 4.60. The topological polar surface area (TPSA) is 39.3 Å². The molecule has 1 aromatic heterocycles. The van der Waals surface area contributed by atoms with Crippen molar-refractivity contribution in [1.82, 2.24) is 9.88 Å². The minimum atomic E-state index is -0.638. The predicted molar refractivity (Wildman–Crippen MR) is 106 cm³/mol. The third-order valence-electron chi connectivity index (χ3n) is 6.21. The molecule has 3 nitrogen and oxygen atoms in total. The number of hydrogen-bond acceptors (Lipinski definition) is 2. The van der Waals surface area contributed by atoms with Crippen LogP contribution < -0.4 is 0 Å². The number of nitrogens with one attached hydrogen (secondary N) is 1. The van der Waals surface area contributed by atoms with Crippen molar-refractivity contribution in [2.75, 3.05) is 7.05 Å². The van der Waals surface area contributed by atoms with Crippen LogP contribution >= 0.6 is 0 Å². The molecule has 25 heavy (non-hydrogen) atoms. The number of aromatic nitrogens is 1. The molecule has 138 valence electrons. The second kappa shape index (κ2) is 6.44. The van der Waals surface area contributed by atoms with Crippen LogP contribution in [0.5, 0.6) is 0 Å². The molecule has 0 unspecified atom stereocenters. The third kappa shape index (κ3) is 3.24. The van der Waals surface area contributed by atoms with Gasteiger partial charge in [0.1, 0.15) is 0 Å². The van der Waals surface area contributed by atoms with E-state index in [1.54, 1.807) is 0 Å². The van der Waals surface area contributed by atoms with E-state index in [9.17, 15) is 5.11 Å². The van der Waals surface area contributed by atoms with Crippen LogP contribution in [0.4, 0.5) is 0 Å². The summed E-state index contributed by atoms with van der Waals surface area (Å²) in [4.78, 5) is 6.14. The summed E-state index contributed by atoms with van der Waals surface area (Å²) in [5.74, 6) is 0. The summed E-state index contributed by atoms with van der Waals surface area (Å²) in [7, 11) is 2.20. The molecule has 1 aliphatic rings. The Morgan fingerprint density at radius 3 is 2.40 bits per heavy atom. The normalized spacial score (nSPS) is 22.4. The van der Waals surface area contributed by atoms with Crippen LogP contribution in [0, 0.1) is 5.41 Å². The van der Waals surface area contributed by atoms with Crippen molar-refractivity contribution in [3.05, 3.63) is 35.5 Å². The Hall–Kier alpha value is -1.32. The number of fused-ring (bicyclic) bond motifs is 3. The monoisotopic (exact) mass is 342 g/mol. The van der Waals surface area contributed by atoms with Crippen LogP contribution in [0.3, 0.4) is 0 Å². The summed E-state index contributed by atoms with van der Waals surface area (Å²) in [6.45, 7) is 11.1. The molecule has 3 rings (SSSR count). The highest BCUT2D eigenvalue weighted by atomic mass is 16.3. The standard InChI is InChI=1S/C22H34N2O/c1-7-22(25,8-2)19-13-16-15-11-9-10-12-17(15)23-20(16)18(24(19)6)14-21(3,4)5/h9-12,18-19,23,25H,7-8,13-14H2,1-6H3/t18-,19+/m1/s1. The van der Waals surface area contributed by atoms with Gasteiger partial charge in [0.15, 0.2) is 0 Å². The number of hydrogen-bond donors (Lipinski definition) is 2. The summed E-state index contributed by atoms with van der Waals surface area (Å²) in [5.41, 5.74) is 3.57. The minimum absolute atomic E-state index is 0.154. The molecule has 2 aromatic rings. The number of rotatable bonds is 4. The molecule has 0 amide bonds. The lowest BCUT2D eigenvalue weighted by atomic mass is 9.76. The Morgan fingerprint density at radius 1 is 1.16 bits per heavy atom. The molecule has 0 aliphatic carbocycles. The summed E-state index contributed by atoms with van der Waals surface area (Å²) < 4.78 is 0. The van der Waals surface area contributed by atoms with Crippen LogP contribution in [0.1, 0.15) is 71.2 Å². The zero-order valence-electron chi connectivity index (χ0n) is 16.7. The Balaban J connectivity index is 2.14. The molecule has 2 atom stereocenters. The molecule has 0 saturated heterocycles. The summed E-state index contributed by atoms with van der Waals surface area (Å²) in [6.07, 6.45) is 3.56. The molecule has 2 N–H and O–H groups in total. The van der Waals surface area contributed by atoms with Gasteiger partial charge in [0.05, 0.1) is 11.6 Å². The quantitative estimate of drug-likeness (QED) is 0.816. The lowest BCUT2D eigenvalue weighted by Crippen LogP contribution is -2.55. The highest BCUT2D eigenvalue weighted by molar-refractivity contribution is 5.85. The van der Waals surface area contributed by atoms with Gasteiger partial charge in [0, 0.05) is 22.6 Å². The molecular formula is C22H34N2O. The highest BCUT2D eigenvalue weighted by Gasteiger charge is 2.44. The Labute approximate surface area is 152 Å². The Kier molecular flexibility index (Phi) is 4.76. The van der Waals surface area contributed by atoms with Crippen molar-refractivity contribution in [3.8, 4) is 0 Å². The van der Waals surface area contributed by atoms with Crippen molar-refractivity contribution in [3.63, 3.8) is 0 Å². The Bertz CT molecular complexity index is 736. The first-order valence-corrected chi connectivity index (χ1v) is 9.74. The lowest BCUT2D eigenvalue weighted by Gasteiger charge is -2.48. The van der Waals surface area contributed by atoms with E-state index in [-0.39, 0.29) is 11.5 Å². The SMILES string of the molecule is CCC(O)(CC)[C@@H]1Cc2c([nH]c3ccccc23)[C@@H](CC(C)(C)C)N1C. The Morgan fingerprint density at radius 2 is 1.80 bits per heavy atom. The molecule has 1 aliphatic heterocycles. The molecule has 0 fully saturated rings. The van der Waals surface area contributed by atoms with E-state index in [4.69, 9.17) is 0 Å². The van der Waals surface area contributed by atoms with Crippen LogP contribution in [0.2, 0.25) is 0 Å². The molecule has 1 aromatic carbocycles. The second-order valence-corrected chi connectivity index (χ2v) is 9.04. The fraction of sp³-hybridized carbons (Fsp3) is 0.636. The van der Waals surface area contributed by atoms with Gasteiger partial charge in [0.25, 0.3) is 0 Å². The number of para-hydroxylation sites is 1. The highest BCUT2D eigenvalue weighted by Crippen LogP contribution is 2.44.